The molecule has 1 aromatic rings. The molecule has 2 rings (SSSR count). The molecule has 5 nitrogen and oxygen atoms in total. The van der Waals surface area contributed by atoms with Crippen molar-refractivity contribution >= 4 is 15.7 Å². The Bertz CT molecular complexity index is 541. The van der Waals surface area contributed by atoms with Crippen LogP contribution in [-0.2, 0) is 10.0 Å². The van der Waals surface area contributed by atoms with Crippen molar-refractivity contribution in [3.05, 3.63) is 24.3 Å². The van der Waals surface area contributed by atoms with Gasteiger partial charge in [0, 0.05) is 25.3 Å². The number of rotatable bonds is 7. The lowest BCUT2D eigenvalue weighted by molar-refractivity contribution is 0.261. The van der Waals surface area contributed by atoms with Crippen molar-refractivity contribution in [1.29, 1.82) is 0 Å². The van der Waals surface area contributed by atoms with Gasteiger partial charge in [-0.05, 0) is 30.9 Å². The molecule has 1 aliphatic carbocycles. The summed E-state index contributed by atoms with van der Waals surface area (Å²) in [6.45, 7) is 0.765. The van der Waals surface area contributed by atoms with Crippen molar-refractivity contribution in [3.8, 4) is 5.75 Å². The van der Waals surface area contributed by atoms with E-state index in [1.54, 1.807) is 31.3 Å². The Morgan fingerprint density at radius 3 is 2.75 bits per heavy atom. The van der Waals surface area contributed by atoms with Crippen LogP contribution in [-0.4, -0.2) is 38.7 Å². The normalized spacial score (nSPS) is 16.1. The highest BCUT2D eigenvalue weighted by Crippen LogP contribution is 2.27. The van der Waals surface area contributed by atoms with E-state index < -0.39 is 10.0 Å². The topological polar surface area (TPSA) is 72.6 Å². The number of ether oxygens (including phenoxy) is 1. The maximum absolute atomic E-state index is 12.1. The molecule has 1 saturated carbocycles. The van der Waals surface area contributed by atoms with Crippen molar-refractivity contribution in [1.82, 2.24) is 4.31 Å². The number of hydrogen-bond donors (Lipinski definition) is 1. The molecule has 0 bridgehead atoms. The summed E-state index contributed by atoms with van der Waals surface area (Å²) in [5, 5.41) is 0. The second-order valence-electron chi connectivity index (χ2n) is 5.31. The Labute approximate surface area is 120 Å². The zero-order valence-electron chi connectivity index (χ0n) is 11.8. The minimum Gasteiger partial charge on any atom is -0.492 e. The molecule has 0 amide bonds. The second kappa shape index (κ2) is 6.45. The highest BCUT2D eigenvalue weighted by atomic mass is 32.2. The average Bonchev–Trinajstić information content (AvgIpc) is 2.33. The molecular formula is C14H22N2O3S. The van der Waals surface area contributed by atoms with Crippen LogP contribution in [0.2, 0.25) is 0 Å². The maximum Gasteiger partial charge on any atom is 0.217 e. The number of nitrogen functional groups attached to an aromatic ring is 1. The van der Waals surface area contributed by atoms with E-state index in [1.165, 1.54) is 10.7 Å². The van der Waals surface area contributed by atoms with Gasteiger partial charge in [-0.1, -0.05) is 12.5 Å². The third-order valence-corrected chi connectivity index (χ3v) is 5.46. The molecule has 0 radical (unpaired) electrons. The van der Waals surface area contributed by atoms with E-state index in [1.807, 2.05) is 0 Å². The molecular weight excluding hydrogens is 276 g/mol. The Morgan fingerprint density at radius 1 is 1.40 bits per heavy atom. The van der Waals surface area contributed by atoms with Gasteiger partial charge in [0.15, 0.2) is 0 Å². The lowest BCUT2D eigenvalue weighted by Gasteiger charge is -2.29. The van der Waals surface area contributed by atoms with Crippen LogP contribution >= 0.6 is 0 Å². The predicted octanol–water partition coefficient (Wildman–Crippen LogP) is 1.71. The van der Waals surface area contributed by atoms with Crippen LogP contribution in [0.15, 0.2) is 24.3 Å². The molecule has 0 spiro atoms. The van der Waals surface area contributed by atoms with Crippen molar-refractivity contribution < 1.29 is 13.2 Å². The van der Waals surface area contributed by atoms with Gasteiger partial charge in [0.05, 0.1) is 5.75 Å². The van der Waals surface area contributed by atoms with Crippen LogP contribution in [0.4, 0.5) is 5.69 Å². The molecule has 1 aromatic carbocycles. The van der Waals surface area contributed by atoms with Crippen molar-refractivity contribution in [2.45, 2.75) is 19.3 Å². The van der Waals surface area contributed by atoms with Crippen molar-refractivity contribution in [2.75, 3.05) is 31.7 Å². The summed E-state index contributed by atoms with van der Waals surface area (Å²) in [5.41, 5.74) is 6.24. The molecule has 112 valence electrons. The fourth-order valence-corrected chi connectivity index (χ4v) is 3.22. The number of nitrogens with zero attached hydrogens (tertiary/aromatic N) is 1. The third kappa shape index (κ3) is 4.11. The van der Waals surface area contributed by atoms with E-state index in [9.17, 15) is 8.42 Å². The zero-order chi connectivity index (χ0) is 14.6. The van der Waals surface area contributed by atoms with Gasteiger partial charge in [-0.15, -0.1) is 0 Å². The monoisotopic (exact) mass is 298 g/mol. The summed E-state index contributed by atoms with van der Waals surface area (Å²) in [4.78, 5) is 0. The summed E-state index contributed by atoms with van der Waals surface area (Å²) in [6, 6.07) is 6.99. The van der Waals surface area contributed by atoms with Crippen LogP contribution in [0.5, 0.6) is 5.75 Å². The molecule has 6 heteroatoms. The molecule has 0 unspecified atom stereocenters. The van der Waals surface area contributed by atoms with Gasteiger partial charge in [-0.2, -0.15) is 0 Å². The lowest BCUT2D eigenvalue weighted by atomic mass is 9.86. The summed E-state index contributed by atoms with van der Waals surface area (Å²) in [7, 11) is -1.59. The number of anilines is 1. The van der Waals surface area contributed by atoms with Crippen LogP contribution < -0.4 is 10.5 Å². The number of benzene rings is 1. The van der Waals surface area contributed by atoms with Gasteiger partial charge in [0.25, 0.3) is 0 Å². The fraction of sp³-hybridized carbons (Fsp3) is 0.571. The summed E-state index contributed by atoms with van der Waals surface area (Å²) in [6.07, 6.45) is 3.50. The zero-order valence-corrected chi connectivity index (χ0v) is 12.6. The van der Waals surface area contributed by atoms with Crippen molar-refractivity contribution in [3.63, 3.8) is 0 Å². The Kier molecular flexibility index (Phi) is 4.88. The quantitative estimate of drug-likeness (QED) is 0.778. The van der Waals surface area contributed by atoms with Gasteiger partial charge < -0.3 is 10.5 Å². The Hall–Kier alpha value is -1.27. The number of hydrogen-bond acceptors (Lipinski definition) is 4. The van der Waals surface area contributed by atoms with Gasteiger partial charge in [-0.3, -0.25) is 0 Å². The van der Waals surface area contributed by atoms with E-state index in [0.29, 0.717) is 23.9 Å². The van der Waals surface area contributed by atoms with Gasteiger partial charge >= 0.3 is 0 Å². The second-order valence-corrected chi connectivity index (χ2v) is 7.51. The van der Waals surface area contributed by atoms with Crippen LogP contribution in [0.3, 0.4) is 0 Å². The summed E-state index contributed by atoms with van der Waals surface area (Å²) >= 11 is 0. The number of nitrogens with two attached hydrogens (primary N) is 1. The molecule has 0 aliphatic heterocycles. The minimum atomic E-state index is -3.23. The van der Waals surface area contributed by atoms with E-state index in [0.717, 1.165) is 12.8 Å². The first-order chi connectivity index (χ1) is 9.47. The first-order valence-corrected chi connectivity index (χ1v) is 8.50. The molecule has 20 heavy (non-hydrogen) atoms. The number of sulfonamides is 1. The Balaban J connectivity index is 1.79. The van der Waals surface area contributed by atoms with Gasteiger partial charge in [-0.25, -0.2) is 12.7 Å². The molecule has 2 N–H and O–H groups in total. The lowest BCUT2D eigenvalue weighted by Crippen LogP contribution is -2.36. The van der Waals surface area contributed by atoms with Crippen LogP contribution in [0.25, 0.3) is 0 Å². The molecule has 0 atom stereocenters. The fourth-order valence-electron chi connectivity index (χ4n) is 2.18. The SMILES string of the molecule is CN(CC1CCC1)S(=O)(=O)CCOc1cccc(N)c1. The highest BCUT2D eigenvalue weighted by molar-refractivity contribution is 7.89. The minimum absolute atomic E-state index is 0.00891. The molecule has 1 fully saturated rings. The van der Waals surface area contributed by atoms with Crippen LogP contribution in [0, 0.1) is 5.92 Å². The smallest absolute Gasteiger partial charge is 0.217 e. The van der Waals surface area contributed by atoms with Crippen molar-refractivity contribution in [2.24, 2.45) is 5.92 Å². The summed E-state index contributed by atoms with van der Waals surface area (Å²) < 4.78 is 31.1. The highest BCUT2D eigenvalue weighted by Gasteiger charge is 2.25. The Morgan fingerprint density at radius 2 is 2.15 bits per heavy atom. The molecule has 0 aromatic heterocycles. The van der Waals surface area contributed by atoms with E-state index >= 15 is 0 Å². The third-order valence-electron chi connectivity index (χ3n) is 3.68. The van der Waals surface area contributed by atoms with Crippen LogP contribution in [0.1, 0.15) is 19.3 Å². The maximum atomic E-state index is 12.1. The van der Waals surface area contributed by atoms with E-state index in [4.69, 9.17) is 10.5 Å². The van der Waals surface area contributed by atoms with E-state index in [2.05, 4.69) is 0 Å². The van der Waals surface area contributed by atoms with E-state index in [-0.39, 0.29) is 12.4 Å². The van der Waals surface area contributed by atoms with Gasteiger partial charge in [0.1, 0.15) is 12.4 Å². The first-order valence-electron chi connectivity index (χ1n) is 6.90. The molecule has 0 saturated heterocycles. The predicted molar refractivity (Wildman–Crippen MR) is 80.1 cm³/mol. The standard InChI is InChI=1S/C14H22N2O3S/c1-16(11-12-4-2-5-12)20(17,18)9-8-19-14-7-3-6-13(15)10-14/h3,6-7,10,12H,2,4-5,8-9,11,15H2,1H3. The van der Waals surface area contributed by atoms with Gasteiger partial charge in [0.2, 0.25) is 10.0 Å². The first kappa shape index (κ1) is 15.1. The average molecular weight is 298 g/mol. The molecule has 0 heterocycles. The molecule has 1 aliphatic rings. The summed E-state index contributed by atoms with van der Waals surface area (Å²) in [5.74, 6) is 1.12. The largest absolute Gasteiger partial charge is 0.492 e.